The molecule has 0 bridgehead atoms. The fraction of sp³-hybridized carbons (Fsp3) is 0.586. The van der Waals surface area contributed by atoms with Crippen LogP contribution >= 0.6 is 0 Å². The SMILES string of the molecule is C=CCOC12Oc3ccc(OCc4ccccc4F)cc3C3C(CCCCO)C(CCCCO)C=C(C(=NOC(C)(C)C)CC1N(Cc1ccc(F)cc1)C(=O)OCCCCCCCCCCCC)C32. The predicted molar refractivity (Wildman–Crippen MR) is 272 cm³/mol. The van der Waals surface area contributed by atoms with Gasteiger partial charge >= 0.3 is 6.09 Å². The molecule has 2 N–H and O–H groups in total. The van der Waals surface area contributed by atoms with E-state index in [1.54, 1.807) is 41.3 Å². The van der Waals surface area contributed by atoms with Crippen LogP contribution in [-0.4, -0.2) is 70.8 Å². The first kappa shape index (κ1) is 54.6. The van der Waals surface area contributed by atoms with E-state index in [1.165, 1.54) is 56.7 Å². The lowest BCUT2D eigenvalue weighted by atomic mass is 9.55. The van der Waals surface area contributed by atoms with Gasteiger partial charge < -0.3 is 34.0 Å². The van der Waals surface area contributed by atoms with Gasteiger partial charge in [-0.1, -0.05) is 125 Å². The van der Waals surface area contributed by atoms with Crippen LogP contribution in [0.1, 0.15) is 159 Å². The number of allylic oxidation sites excluding steroid dienone is 1. The first-order valence-corrected chi connectivity index (χ1v) is 26.2. The molecule has 1 amide bonds. The number of carbonyl (C=O) groups is 1. The van der Waals surface area contributed by atoms with Crippen molar-refractivity contribution < 1.29 is 47.6 Å². The Morgan fingerprint density at radius 3 is 2.24 bits per heavy atom. The van der Waals surface area contributed by atoms with Gasteiger partial charge in [0.1, 0.15) is 41.4 Å². The van der Waals surface area contributed by atoms with E-state index in [9.17, 15) is 19.0 Å². The molecule has 1 saturated carbocycles. The van der Waals surface area contributed by atoms with E-state index in [0.29, 0.717) is 41.2 Å². The van der Waals surface area contributed by atoms with Gasteiger partial charge in [0.2, 0.25) is 5.79 Å². The Bertz CT molecular complexity index is 2160. The molecule has 1 fully saturated rings. The second kappa shape index (κ2) is 27.2. The Kier molecular flexibility index (Phi) is 21.2. The molecular weight excluding hydrogens is 891 g/mol. The maximum atomic E-state index is 15.0. The van der Waals surface area contributed by atoms with E-state index in [0.717, 1.165) is 62.5 Å². The van der Waals surface area contributed by atoms with E-state index in [1.807, 2.05) is 39.0 Å². The van der Waals surface area contributed by atoms with Crippen LogP contribution in [0, 0.1) is 29.4 Å². The highest BCUT2D eigenvalue weighted by Crippen LogP contribution is 2.62. The van der Waals surface area contributed by atoms with E-state index < -0.39 is 29.4 Å². The van der Waals surface area contributed by atoms with Gasteiger partial charge in [0.15, 0.2) is 0 Å². The third-order valence-electron chi connectivity index (χ3n) is 14.0. The summed E-state index contributed by atoms with van der Waals surface area (Å²) in [4.78, 5) is 23.0. The number of hydrogen-bond acceptors (Lipinski definition) is 9. The molecule has 3 aromatic rings. The van der Waals surface area contributed by atoms with Gasteiger partial charge in [0.05, 0.1) is 24.8 Å². The van der Waals surface area contributed by atoms with Crippen LogP contribution in [-0.2, 0) is 27.5 Å². The summed E-state index contributed by atoms with van der Waals surface area (Å²) < 4.78 is 56.5. The molecule has 1 aliphatic heterocycles. The Morgan fingerprint density at radius 2 is 1.57 bits per heavy atom. The molecule has 0 aromatic heterocycles. The number of rotatable bonds is 29. The van der Waals surface area contributed by atoms with Crippen molar-refractivity contribution in [2.45, 2.75) is 173 Å². The zero-order valence-electron chi connectivity index (χ0n) is 42.4. The number of benzene rings is 3. The lowest BCUT2D eigenvalue weighted by molar-refractivity contribution is -0.256. The highest BCUT2D eigenvalue weighted by molar-refractivity contribution is 6.03. The average Bonchev–Trinajstić information content (AvgIpc) is 3.34. The summed E-state index contributed by atoms with van der Waals surface area (Å²) in [6.45, 7) is 12.6. The minimum atomic E-state index is -1.53. The topological polar surface area (TPSA) is 119 Å². The lowest BCUT2D eigenvalue weighted by Crippen LogP contribution is -2.70. The maximum absolute atomic E-state index is 15.0. The van der Waals surface area contributed by atoms with Crippen LogP contribution < -0.4 is 9.47 Å². The fourth-order valence-electron chi connectivity index (χ4n) is 10.6. The molecule has 70 heavy (non-hydrogen) atoms. The van der Waals surface area contributed by atoms with Crippen molar-refractivity contribution in [2.24, 2.45) is 22.9 Å². The number of halogens is 2. The Labute approximate surface area is 416 Å². The number of aliphatic hydroxyl groups excluding tert-OH is 2. The molecule has 12 heteroatoms. The fourth-order valence-corrected chi connectivity index (χ4v) is 10.6. The van der Waals surface area contributed by atoms with Crippen LogP contribution in [0.3, 0.4) is 0 Å². The number of carbonyl (C=O) groups excluding carboxylic acids is 1. The molecule has 3 aromatic carbocycles. The number of oxime groups is 1. The molecule has 384 valence electrons. The van der Waals surface area contributed by atoms with Crippen LogP contribution in [0.25, 0.3) is 0 Å². The van der Waals surface area contributed by atoms with Gasteiger partial charge in [-0.2, -0.15) is 0 Å². The minimum absolute atomic E-state index is 0.0181. The van der Waals surface area contributed by atoms with Gasteiger partial charge in [-0.05, 0) is 112 Å². The van der Waals surface area contributed by atoms with Crippen molar-refractivity contribution >= 4 is 11.8 Å². The van der Waals surface area contributed by atoms with Crippen LogP contribution in [0.5, 0.6) is 11.5 Å². The summed E-state index contributed by atoms with van der Waals surface area (Å²) in [6.07, 6.45) is 19.4. The summed E-state index contributed by atoms with van der Waals surface area (Å²) in [5.41, 5.74) is 2.90. The van der Waals surface area contributed by atoms with Crippen molar-refractivity contribution in [1.29, 1.82) is 0 Å². The Hall–Kier alpha value is -4.78. The lowest BCUT2D eigenvalue weighted by Gasteiger charge is -2.60. The molecule has 6 unspecified atom stereocenters. The summed E-state index contributed by atoms with van der Waals surface area (Å²) >= 11 is 0. The van der Waals surface area contributed by atoms with Crippen molar-refractivity contribution in [3.8, 4) is 11.5 Å². The first-order chi connectivity index (χ1) is 33.9. The number of unbranched alkanes of at least 4 members (excludes halogenated alkanes) is 11. The molecule has 10 nitrogen and oxygen atoms in total. The minimum Gasteiger partial charge on any atom is -0.489 e. The third-order valence-corrected chi connectivity index (χ3v) is 14.0. The highest BCUT2D eigenvalue weighted by Gasteiger charge is 2.65. The van der Waals surface area contributed by atoms with Gasteiger partial charge in [-0.15, -0.1) is 6.58 Å². The van der Waals surface area contributed by atoms with Crippen LogP contribution in [0.15, 0.2) is 96.2 Å². The first-order valence-electron chi connectivity index (χ1n) is 26.2. The van der Waals surface area contributed by atoms with E-state index >= 15 is 4.79 Å². The van der Waals surface area contributed by atoms with Crippen molar-refractivity contribution in [3.05, 3.63) is 119 Å². The van der Waals surface area contributed by atoms with E-state index in [2.05, 4.69) is 19.6 Å². The summed E-state index contributed by atoms with van der Waals surface area (Å²) in [5, 5.41) is 25.0. The van der Waals surface area contributed by atoms with Gasteiger partial charge in [0.25, 0.3) is 0 Å². The maximum Gasteiger partial charge on any atom is 0.410 e. The number of amides is 1. The van der Waals surface area contributed by atoms with E-state index in [4.69, 9.17) is 28.9 Å². The molecule has 1 heterocycles. The van der Waals surface area contributed by atoms with Crippen molar-refractivity contribution in [2.75, 3.05) is 26.4 Å². The number of nitrogens with zero attached hydrogens (tertiary/aromatic N) is 2. The molecule has 0 radical (unpaired) electrons. The molecule has 3 aliphatic rings. The smallest absolute Gasteiger partial charge is 0.410 e. The van der Waals surface area contributed by atoms with Crippen molar-refractivity contribution in [1.82, 2.24) is 4.90 Å². The largest absolute Gasteiger partial charge is 0.489 e. The summed E-state index contributed by atoms with van der Waals surface area (Å²) in [6, 6.07) is 17.5. The second-order valence-electron chi connectivity index (χ2n) is 20.4. The monoisotopic (exact) mass is 971 g/mol. The van der Waals surface area contributed by atoms with E-state index in [-0.39, 0.29) is 75.4 Å². The third kappa shape index (κ3) is 14.7. The average molecular weight is 971 g/mol. The van der Waals surface area contributed by atoms with Crippen LogP contribution in [0.2, 0.25) is 0 Å². The highest BCUT2D eigenvalue weighted by atomic mass is 19.1. The van der Waals surface area contributed by atoms with Crippen LogP contribution in [0.4, 0.5) is 13.6 Å². The number of fused-ring (bicyclic) bond motifs is 2. The number of aliphatic hydroxyl groups is 2. The number of ether oxygens (including phenoxy) is 4. The van der Waals surface area contributed by atoms with Gasteiger partial charge in [-0.25, -0.2) is 13.6 Å². The molecular formula is C58H80F2N2O8. The summed E-state index contributed by atoms with van der Waals surface area (Å²) in [5.74, 6) is -2.05. The summed E-state index contributed by atoms with van der Waals surface area (Å²) in [7, 11) is 0. The zero-order valence-corrected chi connectivity index (χ0v) is 42.4. The molecule has 6 rings (SSSR count). The normalized spacial score (nSPS) is 22.1. The predicted octanol–water partition coefficient (Wildman–Crippen LogP) is 13.5. The zero-order chi connectivity index (χ0) is 49.9. The molecule has 0 saturated heterocycles. The Balaban J connectivity index is 1.47. The van der Waals surface area contributed by atoms with Gasteiger partial charge in [0, 0.05) is 43.2 Å². The number of hydrogen-bond donors (Lipinski definition) is 2. The quantitative estimate of drug-likeness (QED) is 0.0401. The van der Waals surface area contributed by atoms with Gasteiger partial charge in [-0.3, -0.25) is 4.90 Å². The standard InChI is InChI=1S/C58H80F2N2O8/c1-6-8-9-10-11-12-13-14-15-22-36-66-56(65)62(40-42-27-29-45(59)30-28-42)53-39-51(61-70-57(3,4)5)48-37-43(23-18-20-33-63)47(25-19-21-34-64)54-49-38-46(67-41-44-24-16-17-26-50(44)60)31-32-52(49)69-58(53,55(48)54)68-35-7-2/h7,16-17,24,26-32,37-38,43,47,53-55,63-64H,2,6,8-15,18-23,25,33-36,39-41H2,1,3-5H3. The molecule has 0 spiro atoms. The molecule has 2 aliphatic carbocycles. The molecule has 6 atom stereocenters. The van der Waals surface area contributed by atoms with Crippen molar-refractivity contribution in [3.63, 3.8) is 0 Å². The Morgan fingerprint density at radius 1 is 0.886 bits per heavy atom. The second-order valence-corrected chi connectivity index (χ2v) is 20.4.